The molecule has 3 heterocycles. The first kappa shape index (κ1) is 19.6. The third kappa shape index (κ3) is 3.90. The summed E-state index contributed by atoms with van der Waals surface area (Å²) < 4.78 is 37.3. The van der Waals surface area contributed by atoms with Crippen molar-refractivity contribution in [1.82, 2.24) is 24.3 Å². The quantitative estimate of drug-likeness (QED) is 0.510. The van der Waals surface area contributed by atoms with Gasteiger partial charge >= 0.3 is 0 Å². The van der Waals surface area contributed by atoms with Gasteiger partial charge in [-0.1, -0.05) is 0 Å². The highest BCUT2D eigenvalue weighted by molar-refractivity contribution is 7.92. The van der Waals surface area contributed by atoms with Gasteiger partial charge in [-0.05, 0) is 50.2 Å². The van der Waals surface area contributed by atoms with Gasteiger partial charge in [0.15, 0.2) is 0 Å². The summed E-state index contributed by atoms with van der Waals surface area (Å²) in [6, 6.07) is 12.1. The van der Waals surface area contributed by atoms with Gasteiger partial charge in [0.1, 0.15) is 22.8 Å². The summed E-state index contributed by atoms with van der Waals surface area (Å²) in [7, 11) is -2.04. The molecule has 0 saturated carbocycles. The van der Waals surface area contributed by atoms with Crippen LogP contribution in [0.15, 0.2) is 66.1 Å². The van der Waals surface area contributed by atoms with Crippen LogP contribution in [0.25, 0.3) is 5.82 Å². The highest BCUT2D eigenvalue weighted by Gasteiger charge is 2.23. The van der Waals surface area contributed by atoms with Gasteiger partial charge in [-0.3, -0.25) is 9.40 Å². The van der Waals surface area contributed by atoms with Gasteiger partial charge in [-0.25, -0.2) is 18.4 Å². The van der Waals surface area contributed by atoms with E-state index in [1.54, 1.807) is 55.9 Å². The number of ether oxygens (including phenoxy) is 1. The number of aromatic nitrogens is 5. The van der Waals surface area contributed by atoms with Crippen LogP contribution < -0.4 is 9.46 Å². The number of hydrogen-bond donors (Lipinski definition) is 1. The van der Waals surface area contributed by atoms with Crippen molar-refractivity contribution in [1.29, 1.82) is 0 Å². The molecule has 154 valence electrons. The Morgan fingerprint density at radius 1 is 1.03 bits per heavy atom. The molecule has 0 amide bonds. The van der Waals surface area contributed by atoms with Gasteiger partial charge in [0.05, 0.1) is 11.4 Å². The average Bonchev–Trinajstić information content (AvgIpc) is 3.32. The monoisotopic (exact) mass is 424 g/mol. The molecule has 10 heteroatoms. The second-order valence-electron chi connectivity index (χ2n) is 6.66. The van der Waals surface area contributed by atoms with E-state index in [9.17, 15) is 8.42 Å². The highest BCUT2D eigenvalue weighted by atomic mass is 32.2. The zero-order valence-corrected chi connectivity index (χ0v) is 17.5. The first-order valence-electron chi connectivity index (χ1n) is 9.10. The van der Waals surface area contributed by atoms with E-state index in [4.69, 9.17) is 4.74 Å². The maximum Gasteiger partial charge on any atom is 0.265 e. The summed E-state index contributed by atoms with van der Waals surface area (Å²) in [5.41, 5.74) is 1.44. The number of nitrogens with zero attached hydrogens (tertiary/aromatic N) is 5. The first-order chi connectivity index (χ1) is 14.3. The molecule has 4 rings (SSSR count). The van der Waals surface area contributed by atoms with Crippen molar-refractivity contribution in [3.8, 4) is 17.4 Å². The number of anilines is 1. The predicted molar refractivity (Wildman–Crippen MR) is 111 cm³/mol. The molecule has 3 aromatic heterocycles. The van der Waals surface area contributed by atoms with Gasteiger partial charge in [-0.2, -0.15) is 5.10 Å². The Morgan fingerprint density at radius 3 is 2.37 bits per heavy atom. The molecule has 0 radical (unpaired) electrons. The van der Waals surface area contributed by atoms with E-state index in [0.717, 1.165) is 0 Å². The maximum absolute atomic E-state index is 12.8. The van der Waals surface area contributed by atoms with Gasteiger partial charge in [0.25, 0.3) is 10.0 Å². The summed E-state index contributed by atoms with van der Waals surface area (Å²) in [5, 5.41) is 4.17. The molecule has 0 bridgehead atoms. The van der Waals surface area contributed by atoms with Crippen LogP contribution in [0, 0.1) is 13.8 Å². The van der Waals surface area contributed by atoms with Gasteiger partial charge < -0.3 is 9.30 Å². The van der Waals surface area contributed by atoms with Crippen LogP contribution in [0.5, 0.6) is 11.6 Å². The van der Waals surface area contributed by atoms with E-state index < -0.39 is 10.0 Å². The fourth-order valence-electron chi connectivity index (χ4n) is 3.08. The van der Waals surface area contributed by atoms with E-state index in [0.29, 0.717) is 34.5 Å². The summed E-state index contributed by atoms with van der Waals surface area (Å²) in [4.78, 5) is 8.52. The number of benzene rings is 1. The first-order valence-corrected chi connectivity index (χ1v) is 10.6. The van der Waals surface area contributed by atoms with E-state index in [1.807, 2.05) is 29.1 Å². The largest absolute Gasteiger partial charge is 0.439 e. The van der Waals surface area contributed by atoms with Crippen LogP contribution in [0.1, 0.15) is 11.4 Å². The van der Waals surface area contributed by atoms with Crippen molar-refractivity contribution in [2.45, 2.75) is 18.7 Å². The minimum absolute atomic E-state index is 0.184. The zero-order chi connectivity index (χ0) is 21.3. The maximum atomic E-state index is 12.8. The Labute approximate surface area is 174 Å². The molecule has 0 atom stereocenters. The van der Waals surface area contributed by atoms with Crippen LogP contribution in [-0.2, 0) is 17.1 Å². The second kappa shape index (κ2) is 7.64. The fraction of sp³-hybridized carbons (Fsp3) is 0.150. The second-order valence-corrected chi connectivity index (χ2v) is 8.28. The van der Waals surface area contributed by atoms with Crippen molar-refractivity contribution < 1.29 is 13.2 Å². The van der Waals surface area contributed by atoms with Crippen LogP contribution in [-0.4, -0.2) is 32.7 Å². The minimum atomic E-state index is -3.75. The summed E-state index contributed by atoms with van der Waals surface area (Å²) in [6.45, 7) is 3.39. The lowest BCUT2D eigenvalue weighted by molar-refractivity contribution is 0.461. The van der Waals surface area contributed by atoms with Crippen molar-refractivity contribution in [3.63, 3.8) is 0 Å². The van der Waals surface area contributed by atoms with Crippen LogP contribution in [0.3, 0.4) is 0 Å². The zero-order valence-electron chi connectivity index (χ0n) is 16.6. The third-order valence-electron chi connectivity index (χ3n) is 4.54. The Hall–Kier alpha value is -3.66. The van der Waals surface area contributed by atoms with Gasteiger partial charge in [-0.15, -0.1) is 0 Å². The molecule has 0 saturated heterocycles. The Kier molecular flexibility index (Phi) is 5.00. The van der Waals surface area contributed by atoms with E-state index in [-0.39, 0.29) is 4.90 Å². The Bertz CT molecular complexity index is 1280. The SMILES string of the molecule is Cc1nn(C)c(C)c1S(=O)(=O)Nc1ccc(Oc2cc(-n3cccc3)ncn2)cc1. The number of nitrogens with one attached hydrogen (secondary N) is 1. The molecule has 1 aromatic carbocycles. The molecule has 0 aliphatic carbocycles. The molecule has 0 unspecified atom stereocenters. The van der Waals surface area contributed by atoms with Gasteiger partial charge in [0, 0.05) is 31.2 Å². The smallest absolute Gasteiger partial charge is 0.265 e. The fourth-order valence-corrected chi connectivity index (χ4v) is 4.57. The number of aryl methyl sites for hydroxylation is 2. The van der Waals surface area contributed by atoms with Crippen molar-refractivity contribution in [3.05, 3.63) is 72.6 Å². The molecule has 0 fully saturated rings. The lowest BCUT2D eigenvalue weighted by Gasteiger charge is -2.10. The lowest BCUT2D eigenvalue weighted by atomic mass is 10.3. The van der Waals surface area contributed by atoms with Crippen molar-refractivity contribution in [2.24, 2.45) is 7.05 Å². The van der Waals surface area contributed by atoms with E-state index in [1.165, 1.54) is 6.33 Å². The topological polar surface area (TPSA) is 104 Å². The van der Waals surface area contributed by atoms with Crippen molar-refractivity contribution in [2.75, 3.05) is 4.72 Å². The molecule has 30 heavy (non-hydrogen) atoms. The van der Waals surface area contributed by atoms with E-state index in [2.05, 4.69) is 19.8 Å². The summed E-state index contributed by atoms with van der Waals surface area (Å²) in [5.74, 6) is 1.57. The number of sulfonamides is 1. The Balaban J connectivity index is 1.50. The minimum Gasteiger partial charge on any atom is -0.439 e. The number of hydrogen-bond acceptors (Lipinski definition) is 6. The third-order valence-corrected chi connectivity index (χ3v) is 6.17. The van der Waals surface area contributed by atoms with Crippen molar-refractivity contribution >= 4 is 15.7 Å². The molecule has 4 aromatic rings. The summed E-state index contributed by atoms with van der Waals surface area (Å²) in [6.07, 6.45) is 5.17. The van der Waals surface area contributed by atoms with Gasteiger partial charge in [0.2, 0.25) is 5.88 Å². The summed E-state index contributed by atoms with van der Waals surface area (Å²) >= 11 is 0. The number of rotatable bonds is 6. The highest BCUT2D eigenvalue weighted by Crippen LogP contribution is 2.25. The lowest BCUT2D eigenvalue weighted by Crippen LogP contribution is -2.14. The molecular weight excluding hydrogens is 404 g/mol. The predicted octanol–water partition coefficient (Wildman–Crippen LogP) is 3.21. The molecule has 0 aliphatic rings. The molecule has 0 spiro atoms. The molecule has 0 aliphatic heterocycles. The normalized spacial score (nSPS) is 11.4. The Morgan fingerprint density at radius 2 is 1.73 bits per heavy atom. The van der Waals surface area contributed by atoms with E-state index >= 15 is 0 Å². The van der Waals surface area contributed by atoms with Crippen LogP contribution in [0.4, 0.5) is 5.69 Å². The average molecular weight is 424 g/mol. The molecule has 1 N–H and O–H groups in total. The molecule has 9 nitrogen and oxygen atoms in total. The van der Waals surface area contributed by atoms with Crippen LogP contribution >= 0.6 is 0 Å². The molecular formula is C20H20N6O3S. The van der Waals surface area contributed by atoms with Crippen LogP contribution in [0.2, 0.25) is 0 Å². The standard InChI is InChI=1S/C20H20N6O3S/c1-14-20(15(2)25(3)23-14)30(27,28)24-16-6-8-17(9-7-16)29-19-12-18(21-13-22-19)26-10-4-5-11-26/h4-13,24H,1-3H3.